The number of carboxylic acids is 1. The fraction of sp³-hybridized carbons (Fsp3) is 0.846. The van der Waals surface area contributed by atoms with Crippen LogP contribution in [0.2, 0.25) is 0 Å². The minimum atomic E-state index is -4.33. The van der Waals surface area contributed by atoms with E-state index < -0.39 is 36.2 Å². The van der Waals surface area contributed by atoms with Crippen LogP contribution in [-0.4, -0.2) is 46.8 Å². The van der Waals surface area contributed by atoms with Gasteiger partial charge < -0.3 is 15.3 Å². The number of aliphatic carboxylic acids is 1. The molecule has 0 aromatic rings. The van der Waals surface area contributed by atoms with Crippen molar-refractivity contribution in [2.75, 3.05) is 13.1 Å². The van der Waals surface area contributed by atoms with E-state index in [0.29, 0.717) is 12.8 Å². The van der Waals surface area contributed by atoms with Gasteiger partial charge in [0.2, 0.25) is 0 Å². The molecule has 1 aliphatic carbocycles. The van der Waals surface area contributed by atoms with Gasteiger partial charge in [0.25, 0.3) is 0 Å². The van der Waals surface area contributed by atoms with Gasteiger partial charge in [-0.2, -0.15) is 13.2 Å². The molecule has 21 heavy (non-hydrogen) atoms. The zero-order valence-corrected chi connectivity index (χ0v) is 11.7. The van der Waals surface area contributed by atoms with Crippen molar-refractivity contribution in [3.63, 3.8) is 0 Å². The van der Waals surface area contributed by atoms with E-state index in [1.807, 2.05) is 0 Å². The molecule has 0 aromatic carbocycles. The lowest BCUT2D eigenvalue weighted by molar-refractivity contribution is -0.184. The third-order valence-electron chi connectivity index (χ3n) is 4.38. The maximum atomic E-state index is 12.7. The molecule has 1 aliphatic heterocycles. The Kier molecular flexibility index (Phi) is 4.08. The first-order valence-corrected chi connectivity index (χ1v) is 7.02. The Morgan fingerprint density at radius 3 is 2.29 bits per heavy atom. The SMILES string of the molecule is CC(NC(=O)N1CCCC(C(F)(F)F)C1)(C(=O)O)C1CC1. The molecule has 0 aromatic heterocycles. The van der Waals surface area contributed by atoms with Crippen molar-refractivity contribution in [2.45, 2.75) is 44.3 Å². The van der Waals surface area contributed by atoms with Crippen LogP contribution in [0.3, 0.4) is 0 Å². The number of alkyl halides is 3. The maximum absolute atomic E-state index is 12.7. The Morgan fingerprint density at radius 2 is 1.81 bits per heavy atom. The summed E-state index contributed by atoms with van der Waals surface area (Å²) >= 11 is 0. The summed E-state index contributed by atoms with van der Waals surface area (Å²) in [5.41, 5.74) is -1.40. The van der Waals surface area contributed by atoms with Crippen LogP contribution in [0.5, 0.6) is 0 Å². The van der Waals surface area contributed by atoms with Crippen molar-refractivity contribution in [2.24, 2.45) is 11.8 Å². The first-order valence-electron chi connectivity index (χ1n) is 7.02. The highest BCUT2D eigenvalue weighted by molar-refractivity contribution is 5.86. The van der Waals surface area contributed by atoms with Crippen LogP contribution in [-0.2, 0) is 4.79 Å². The van der Waals surface area contributed by atoms with Crippen LogP contribution < -0.4 is 5.32 Å². The van der Waals surface area contributed by atoms with Crippen molar-refractivity contribution < 1.29 is 27.9 Å². The Morgan fingerprint density at radius 1 is 1.19 bits per heavy atom. The van der Waals surface area contributed by atoms with E-state index >= 15 is 0 Å². The standard InChI is InChI=1S/C13H19F3N2O3/c1-12(10(19)20,8-4-5-8)17-11(21)18-6-2-3-9(7-18)13(14,15)16/h8-9H,2-7H2,1H3,(H,17,21)(H,19,20). The molecule has 120 valence electrons. The number of halogens is 3. The molecule has 2 fully saturated rings. The summed E-state index contributed by atoms with van der Waals surface area (Å²) in [7, 11) is 0. The molecule has 2 aliphatic rings. The molecule has 2 N–H and O–H groups in total. The van der Waals surface area contributed by atoms with E-state index in [0.717, 1.165) is 4.90 Å². The molecule has 2 amide bonds. The van der Waals surface area contributed by atoms with E-state index in [-0.39, 0.29) is 25.3 Å². The Bertz CT molecular complexity index is 437. The summed E-state index contributed by atoms with van der Waals surface area (Å²) in [5, 5.41) is 11.7. The molecule has 2 unspecified atom stereocenters. The monoisotopic (exact) mass is 308 g/mol. The second kappa shape index (κ2) is 5.38. The Balaban J connectivity index is 2.01. The molecule has 0 bridgehead atoms. The van der Waals surface area contributed by atoms with Crippen molar-refractivity contribution in [1.82, 2.24) is 10.2 Å². The number of hydrogen-bond donors (Lipinski definition) is 2. The van der Waals surface area contributed by atoms with E-state index in [1.165, 1.54) is 6.92 Å². The average molecular weight is 308 g/mol. The molecule has 1 saturated heterocycles. The number of rotatable bonds is 3. The summed E-state index contributed by atoms with van der Waals surface area (Å²) < 4.78 is 38.2. The highest BCUT2D eigenvalue weighted by Crippen LogP contribution is 2.40. The zero-order valence-electron chi connectivity index (χ0n) is 11.7. The number of nitrogens with one attached hydrogen (secondary N) is 1. The molecular formula is C13H19F3N2O3. The third-order valence-corrected chi connectivity index (χ3v) is 4.38. The maximum Gasteiger partial charge on any atom is 0.393 e. The second-order valence-electron chi connectivity index (χ2n) is 6.04. The number of carbonyl (C=O) groups excluding carboxylic acids is 1. The van der Waals surface area contributed by atoms with Crippen molar-refractivity contribution >= 4 is 12.0 Å². The number of hydrogen-bond acceptors (Lipinski definition) is 2. The summed E-state index contributed by atoms with van der Waals surface area (Å²) in [6.07, 6.45) is -2.65. The summed E-state index contributed by atoms with van der Waals surface area (Å²) in [6, 6.07) is -0.722. The van der Waals surface area contributed by atoms with Gasteiger partial charge in [0, 0.05) is 13.1 Å². The topological polar surface area (TPSA) is 69.6 Å². The van der Waals surface area contributed by atoms with Crippen LogP contribution in [0, 0.1) is 11.8 Å². The number of likely N-dealkylation sites (tertiary alicyclic amines) is 1. The van der Waals surface area contributed by atoms with E-state index in [2.05, 4.69) is 5.32 Å². The molecule has 0 spiro atoms. The fourth-order valence-corrected chi connectivity index (χ4v) is 2.72. The van der Waals surface area contributed by atoms with Crippen LogP contribution in [0.4, 0.5) is 18.0 Å². The fourth-order valence-electron chi connectivity index (χ4n) is 2.72. The average Bonchev–Trinajstić information content (AvgIpc) is 3.22. The number of carboxylic acid groups (broad SMARTS) is 1. The highest BCUT2D eigenvalue weighted by atomic mass is 19.4. The lowest BCUT2D eigenvalue weighted by Crippen LogP contribution is -2.59. The number of carbonyl (C=O) groups is 2. The van der Waals surface area contributed by atoms with Crippen LogP contribution in [0.25, 0.3) is 0 Å². The molecule has 8 heteroatoms. The number of nitrogens with zero attached hydrogens (tertiary/aromatic N) is 1. The van der Waals surface area contributed by atoms with Gasteiger partial charge in [-0.15, -0.1) is 0 Å². The Labute approximate surface area is 120 Å². The van der Waals surface area contributed by atoms with Gasteiger partial charge in [0.15, 0.2) is 0 Å². The summed E-state index contributed by atoms with van der Waals surface area (Å²) in [4.78, 5) is 24.5. The largest absolute Gasteiger partial charge is 0.480 e. The van der Waals surface area contributed by atoms with Crippen molar-refractivity contribution in [3.05, 3.63) is 0 Å². The molecule has 2 rings (SSSR count). The smallest absolute Gasteiger partial charge is 0.393 e. The Hall–Kier alpha value is -1.47. The summed E-state index contributed by atoms with van der Waals surface area (Å²) in [5.74, 6) is -2.83. The first kappa shape index (κ1) is 15.9. The minimum Gasteiger partial charge on any atom is -0.480 e. The normalized spacial score (nSPS) is 26.1. The lowest BCUT2D eigenvalue weighted by atomic mass is 9.95. The van der Waals surface area contributed by atoms with Gasteiger partial charge in [0.1, 0.15) is 5.54 Å². The molecular weight excluding hydrogens is 289 g/mol. The van der Waals surface area contributed by atoms with E-state index in [4.69, 9.17) is 0 Å². The van der Waals surface area contributed by atoms with Crippen molar-refractivity contribution in [3.8, 4) is 0 Å². The van der Waals surface area contributed by atoms with Crippen LogP contribution >= 0.6 is 0 Å². The van der Waals surface area contributed by atoms with Gasteiger partial charge in [-0.1, -0.05) is 0 Å². The van der Waals surface area contributed by atoms with Crippen LogP contribution in [0.15, 0.2) is 0 Å². The van der Waals surface area contributed by atoms with Gasteiger partial charge in [-0.05, 0) is 38.5 Å². The van der Waals surface area contributed by atoms with E-state index in [9.17, 15) is 27.9 Å². The quantitative estimate of drug-likeness (QED) is 0.840. The molecule has 2 atom stereocenters. The minimum absolute atomic E-state index is 0.00605. The van der Waals surface area contributed by atoms with Crippen LogP contribution in [0.1, 0.15) is 32.6 Å². The van der Waals surface area contributed by atoms with Gasteiger partial charge in [0.05, 0.1) is 5.92 Å². The lowest BCUT2D eigenvalue weighted by Gasteiger charge is -2.36. The first-order chi connectivity index (χ1) is 9.64. The van der Waals surface area contributed by atoms with Gasteiger partial charge in [-0.3, -0.25) is 0 Å². The summed E-state index contributed by atoms with van der Waals surface area (Å²) in [6.45, 7) is 1.23. The number of piperidine rings is 1. The van der Waals surface area contributed by atoms with Crippen molar-refractivity contribution in [1.29, 1.82) is 0 Å². The zero-order chi connectivity index (χ0) is 15.8. The third kappa shape index (κ3) is 3.41. The predicted octanol–water partition coefficient (Wildman–Crippen LogP) is 2.22. The number of urea groups is 1. The predicted molar refractivity (Wildman–Crippen MR) is 67.6 cm³/mol. The molecule has 1 heterocycles. The van der Waals surface area contributed by atoms with Gasteiger partial charge in [-0.25, -0.2) is 9.59 Å². The van der Waals surface area contributed by atoms with E-state index in [1.54, 1.807) is 0 Å². The number of amides is 2. The molecule has 5 nitrogen and oxygen atoms in total. The van der Waals surface area contributed by atoms with Gasteiger partial charge >= 0.3 is 18.2 Å². The highest BCUT2D eigenvalue weighted by Gasteiger charge is 2.50. The second-order valence-corrected chi connectivity index (χ2v) is 6.04. The molecule has 1 saturated carbocycles. The molecule has 0 radical (unpaired) electrons.